The highest BCUT2D eigenvalue weighted by molar-refractivity contribution is 7.08. The lowest BCUT2D eigenvalue weighted by Gasteiger charge is -2.19. The zero-order chi connectivity index (χ0) is 14.5. The van der Waals surface area contributed by atoms with Crippen LogP contribution in [0.3, 0.4) is 0 Å². The Morgan fingerprint density at radius 3 is 2.74 bits per heavy atom. The average molecular weight is 287 g/mol. The van der Waals surface area contributed by atoms with Crippen LogP contribution in [0.5, 0.6) is 0 Å². The summed E-state index contributed by atoms with van der Waals surface area (Å²) in [6.45, 7) is 6.33. The molecule has 1 atom stereocenters. The van der Waals surface area contributed by atoms with Gasteiger partial charge in [0, 0.05) is 19.1 Å². The van der Waals surface area contributed by atoms with Gasteiger partial charge in [-0.05, 0) is 18.0 Å². The number of aliphatic hydroxyl groups is 1. The zero-order valence-electron chi connectivity index (χ0n) is 11.8. The first-order valence-electron chi connectivity index (χ1n) is 6.13. The third-order valence-corrected chi connectivity index (χ3v) is 3.31. The maximum absolute atomic E-state index is 12.2. The number of nitrogens with one attached hydrogen (secondary N) is 1. The molecule has 0 aliphatic carbocycles. The van der Waals surface area contributed by atoms with E-state index in [4.69, 9.17) is 9.84 Å². The van der Waals surface area contributed by atoms with Gasteiger partial charge in [0.05, 0.1) is 18.3 Å². The molecule has 1 unspecified atom stereocenters. The first-order chi connectivity index (χ1) is 8.90. The van der Waals surface area contributed by atoms with Crippen molar-refractivity contribution in [3.63, 3.8) is 0 Å². The Bertz CT molecular complexity index is 409. The zero-order valence-corrected chi connectivity index (χ0v) is 12.6. The van der Waals surface area contributed by atoms with Crippen molar-refractivity contribution in [1.29, 1.82) is 0 Å². The number of ether oxygens (including phenoxy) is 1. The van der Waals surface area contributed by atoms with Gasteiger partial charge in [0.2, 0.25) is 0 Å². The fourth-order valence-corrected chi connectivity index (χ4v) is 2.41. The van der Waals surface area contributed by atoms with Crippen LogP contribution in [0, 0.1) is 0 Å². The van der Waals surface area contributed by atoms with Gasteiger partial charge in [-0.25, -0.2) is 0 Å². The van der Waals surface area contributed by atoms with E-state index in [2.05, 4.69) is 14.9 Å². The number of methoxy groups -OCH3 is 1. The highest BCUT2D eigenvalue weighted by Crippen LogP contribution is 2.25. The largest absolute Gasteiger partial charge is 0.396 e. The van der Waals surface area contributed by atoms with E-state index in [-0.39, 0.29) is 24.0 Å². The molecule has 0 spiro atoms. The van der Waals surface area contributed by atoms with E-state index >= 15 is 0 Å². The molecule has 108 valence electrons. The Kier molecular flexibility index (Phi) is 5.84. The predicted molar refractivity (Wildman–Crippen MR) is 73.4 cm³/mol. The lowest BCUT2D eigenvalue weighted by molar-refractivity contribution is 0.0880. The van der Waals surface area contributed by atoms with Crippen molar-refractivity contribution in [2.24, 2.45) is 0 Å². The third kappa shape index (κ3) is 4.52. The number of carbonyl (C=O) groups is 1. The molecule has 0 fully saturated rings. The molecular weight excluding hydrogens is 266 g/mol. The summed E-state index contributed by atoms with van der Waals surface area (Å²) in [4.78, 5) is 12.7. The Hall–Kier alpha value is -1.05. The number of carbonyl (C=O) groups excluding carboxylic acids is 1. The lowest BCUT2D eigenvalue weighted by atomic mass is 9.91. The molecule has 1 aromatic rings. The van der Waals surface area contributed by atoms with Gasteiger partial charge >= 0.3 is 0 Å². The Balaban J connectivity index is 2.80. The van der Waals surface area contributed by atoms with Crippen LogP contribution in [-0.4, -0.2) is 47.0 Å². The molecule has 1 amide bonds. The first kappa shape index (κ1) is 16.0. The fourth-order valence-electron chi connectivity index (χ4n) is 1.64. The van der Waals surface area contributed by atoms with Crippen LogP contribution in [0.15, 0.2) is 0 Å². The minimum absolute atomic E-state index is 0.00136. The van der Waals surface area contributed by atoms with Gasteiger partial charge in [0.15, 0.2) is 0 Å². The predicted octanol–water partition coefficient (Wildman–Crippen LogP) is 0.963. The highest BCUT2D eigenvalue weighted by atomic mass is 32.1. The van der Waals surface area contributed by atoms with Crippen LogP contribution in [0.2, 0.25) is 0 Å². The molecule has 0 aliphatic rings. The van der Waals surface area contributed by atoms with E-state index in [1.54, 1.807) is 7.11 Å². The minimum atomic E-state index is -0.229. The van der Waals surface area contributed by atoms with Crippen molar-refractivity contribution in [2.75, 3.05) is 20.3 Å². The Morgan fingerprint density at radius 2 is 2.21 bits per heavy atom. The van der Waals surface area contributed by atoms with E-state index in [9.17, 15) is 4.79 Å². The number of nitrogens with zero attached hydrogens (tertiary/aromatic N) is 2. The molecule has 19 heavy (non-hydrogen) atoms. The van der Waals surface area contributed by atoms with Crippen LogP contribution in [0.1, 0.15) is 42.6 Å². The lowest BCUT2D eigenvalue weighted by Crippen LogP contribution is -2.39. The van der Waals surface area contributed by atoms with Crippen LogP contribution < -0.4 is 5.32 Å². The van der Waals surface area contributed by atoms with E-state index in [0.717, 1.165) is 11.5 Å². The van der Waals surface area contributed by atoms with Crippen molar-refractivity contribution in [3.05, 3.63) is 10.6 Å². The van der Waals surface area contributed by atoms with E-state index in [1.165, 1.54) is 0 Å². The molecule has 7 heteroatoms. The van der Waals surface area contributed by atoms with Gasteiger partial charge in [0.25, 0.3) is 5.91 Å². The number of hydrogen-bond donors (Lipinski definition) is 2. The molecule has 0 aliphatic heterocycles. The van der Waals surface area contributed by atoms with Crippen LogP contribution in [0.25, 0.3) is 0 Å². The van der Waals surface area contributed by atoms with Crippen molar-refractivity contribution < 1.29 is 14.6 Å². The van der Waals surface area contributed by atoms with Crippen molar-refractivity contribution >= 4 is 17.4 Å². The number of amides is 1. The van der Waals surface area contributed by atoms with Gasteiger partial charge < -0.3 is 15.2 Å². The molecule has 1 rings (SSSR count). The number of aromatic nitrogens is 2. The van der Waals surface area contributed by atoms with Crippen LogP contribution >= 0.6 is 11.5 Å². The number of aliphatic hydroxyl groups excluding tert-OH is 1. The summed E-state index contributed by atoms with van der Waals surface area (Å²) in [6.07, 6.45) is 0.455. The molecule has 1 aromatic heterocycles. The molecule has 0 saturated carbocycles. The number of rotatable bonds is 6. The molecule has 2 N–H and O–H groups in total. The Morgan fingerprint density at radius 1 is 1.53 bits per heavy atom. The summed E-state index contributed by atoms with van der Waals surface area (Å²) in [6, 6.07) is -0.211. The van der Waals surface area contributed by atoms with Gasteiger partial charge in [-0.15, -0.1) is 5.10 Å². The summed E-state index contributed by atoms with van der Waals surface area (Å²) in [7, 11) is 1.56. The SMILES string of the molecule is COCC(CCO)NC(=O)c1snnc1C(C)(C)C. The second-order valence-corrected chi connectivity index (χ2v) is 6.09. The topological polar surface area (TPSA) is 84.3 Å². The normalized spacial score (nSPS) is 13.3. The smallest absolute Gasteiger partial charge is 0.265 e. The molecular formula is C12H21N3O3S. The van der Waals surface area contributed by atoms with Crippen LogP contribution in [0.4, 0.5) is 0 Å². The van der Waals surface area contributed by atoms with Gasteiger partial charge in [-0.2, -0.15) is 0 Å². The summed E-state index contributed by atoms with van der Waals surface area (Å²) < 4.78 is 8.88. The average Bonchev–Trinajstić information content (AvgIpc) is 2.78. The summed E-state index contributed by atoms with van der Waals surface area (Å²) >= 11 is 1.09. The quantitative estimate of drug-likeness (QED) is 0.814. The standard InChI is InChI=1S/C12H21N3O3S/c1-12(2,3)10-9(19-15-14-10)11(17)13-8(5-6-16)7-18-4/h8,16H,5-7H2,1-4H3,(H,13,17). The van der Waals surface area contributed by atoms with Crippen molar-refractivity contribution in [1.82, 2.24) is 14.9 Å². The molecule has 0 radical (unpaired) electrons. The van der Waals surface area contributed by atoms with Gasteiger partial charge in [0.1, 0.15) is 4.88 Å². The fraction of sp³-hybridized carbons (Fsp3) is 0.750. The summed E-state index contributed by atoms with van der Waals surface area (Å²) in [5.41, 5.74) is 0.461. The second-order valence-electron chi connectivity index (χ2n) is 5.34. The molecule has 0 bridgehead atoms. The van der Waals surface area contributed by atoms with E-state index in [1.807, 2.05) is 20.8 Å². The maximum Gasteiger partial charge on any atom is 0.265 e. The van der Waals surface area contributed by atoms with E-state index < -0.39 is 0 Å². The maximum atomic E-state index is 12.2. The molecule has 0 aromatic carbocycles. The third-order valence-electron chi connectivity index (χ3n) is 2.59. The monoisotopic (exact) mass is 287 g/mol. The first-order valence-corrected chi connectivity index (χ1v) is 6.91. The van der Waals surface area contributed by atoms with Crippen molar-refractivity contribution in [3.8, 4) is 0 Å². The van der Waals surface area contributed by atoms with E-state index in [0.29, 0.717) is 23.6 Å². The van der Waals surface area contributed by atoms with Crippen LogP contribution in [-0.2, 0) is 10.2 Å². The number of hydrogen-bond acceptors (Lipinski definition) is 6. The minimum Gasteiger partial charge on any atom is -0.396 e. The molecule has 6 nitrogen and oxygen atoms in total. The second kappa shape index (κ2) is 6.93. The van der Waals surface area contributed by atoms with Gasteiger partial charge in [-0.3, -0.25) is 4.79 Å². The highest BCUT2D eigenvalue weighted by Gasteiger charge is 2.27. The summed E-state index contributed by atoms with van der Waals surface area (Å²) in [5.74, 6) is -0.213. The Labute approximate surface area is 117 Å². The summed E-state index contributed by atoms with van der Waals surface area (Å²) in [5, 5.41) is 15.8. The van der Waals surface area contributed by atoms with Gasteiger partial charge in [-0.1, -0.05) is 25.3 Å². The molecule has 0 saturated heterocycles. The molecule has 1 heterocycles. The van der Waals surface area contributed by atoms with Crippen molar-refractivity contribution in [2.45, 2.75) is 38.6 Å².